The number of rotatable bonds is 21. The second kappa shape index (κ2) is 19.7. The van der Waals surface area contributed by atoms with E-state index in [1.807, 2.05) is 151 Å². The van der Waals surface area contributed by atoms with Crippen LogP contribution in [0.4, 0.5) is 0 Å². The number of hydrogen-bond acceptors (Lipinski definition) is 22. The van der Waals surface area contributed by atoms with E-state index in [-0.39, 0.29) is 5.12 Å². The highest BCUT2D eigenvalue weighted by Gasteiger charge is 2.92. The van der Waals surface area contributed by atoms with Crippen LogP contribution in [-0.4, -0.2) is 150 Å². The van der Waals surface area contributed by atoms with Crippen LogP contribution in [0.5, 0.6) is 0 Å². The molecule has 21 nitrogen and oxygen atoms in total. The van der Waals surface area contributed by atoms with Crippen molar-refractivity contribution >= 4 is 156 Å². The Morgan fingerprint density at radius 2 is 0.544 bits per heavy atom. The van der Waals surface area contributed by atoms with Crippen LogP contribution in [-0.2, 0) is 87.1 Å². The lowest BCUT2D eigenvalue weighted by atomic mass is 10.4. The van der Waals surface area contributed by atoms with E-state index in [9.17, 15) is 4.79 Å². The summed E-state index contributed by atoms with van der Waals surface area (Å²) in [5.74, 6) is 0.503. The van der Waals surface area contributed by atoms with Crippen molar-refractivity contribution < 1.29 is 87.1 Å². The maximum absolute atomic E-state index is 12.6. The van der Waals surface area contributed by atoms with E-state index < -0.39 is 139 Å². The molecule has 6 fully saturated rings. The van der Waals surface area contributed by atoms with E-state index in [1.165, 1.54) is 11.8 Å². The van der Waals surface area contributed by atoms with Gasteiger partial charge in [-0.2, -0.15) is 0 Å². The van der Waals surface area contributed by atoms with Gasteiger partial charge in [0.2, 0.25) is 5.12 Å². The Hall–Kier alpha value is 2.43. The van der Waals surface area contributed by atoms with Crippen molar-refractivity contribution in [3.63, 3.8) is 0 Å². The minimum atomic E-state index is -5.18. The summed E-state index contributed by atoms with van der Waals surface area (Å²) in [6, 6.07) is 0.500. The third-order valence-electron chi connectivity index (χ3n) is 7.92. The third kappa shape index (κ3) is 17.2. The van der Waals surface area contributed by atoms with Gasteiger partial charge in [0.1, 0.15) is 0 Å². The lowest BCUT2D eigenvalue weighted by Crippen LogP contribution is -2.93. The van der Waals surface area contributed by atoms with Gasteiger partial charge in [-0.25, -0.2) is 0 Å². The van der Waals surface area contributed by atoms with Crippen molar-refractivity contribution in [1.29, 1.82) is 0 Å². The molecular weight excluding hydrogens is 1180 g/mol. The molecule has 6 rings (SSSR count). The minimum absolute atomic E-state index is 0.0855. The van der Waals surface area contributed by atoms with Crippen LogP contribution in [0.1, 0.15) is 13.3 Å². The summed E-state index contributed by atoms with van der Waals surface area (Å²) in [4.78, 5) is 12.6. The first-order valence-electron chi connectivity index (χ1n) is 22.8. The SMILES string of the molecule is C=C(C)C(=O)SCCC[Si](C)(C)O[Si]12O[Si]3(O[Si](C)(C)C)O[Si]4(O[Si](C)(C)C)O[Si]5(O[Si](C)(C)C)O[Si](O[Si](C)(C)C)(O3)O[Si](O[Si](C)(C)C)(O[Si](O[Si](C)(C)C)(O5)O[Si](O[Si](C)(C)C)(O4)O1)O2. The Kier molecular flexibility index (Phi) is 17.8. The highest BCUT2D eigenvalue weighted by atomic mass is 32.2. The molecule has 0 aromatic rings. The molecule has 6 heterocycles. The molecule has 0 amide bonds. The Morgan fingerprint density at radius 3 is 0.706 bits per heavy atom. The van der Waals surface area contributed by atoms with Crippen molar-refractivity contribution in [1.82, 2.24) is 0 Å². The van der Waals surface area contributed by atoms with Gasteiger partial charge in [0.05, 0.1) is 0 Å². The van der Waals surface area contributed by atoms with Gasteiger partial charge in [0.25, 0.3) is 0 Å². The minimum Gasteiger partial charge on any atom is -0.396 e. The maximum atomic E-state index is 12.6. The number of thioether (sulfide) groups is 1. The monoisotopic (exact) mass is 1260 g/mol. The summed E-state index contributed by atoms with van der Waals surface area (Å²) in [7, 11) is -64.3. The maximum Gasteiger partial charge on any atom is 0.651 e. The van der Waals surface area contributed by atoms with E-state index in [2.05, 4.69) is 6.58 Å². The number of carbonyl (C=O) groups is 1. The van der Waals surface area contributed by atoms with Gasteiger partial charge in [-0.3, -0.25) is 4.79 Å². The first kappa shape index (κ1) is 61.3. The van der Waals surface area contributed by atoms with Crippen molar-refractivity contribution in [2.75, 3.05) is 5.75 Å². The van der Waals surface area contributed by atoms with Crippen molar-refractivity contribution in [3.05, 3.63) is 12.2 Å². The molecule has 0 aromatic carbocycles. The smallest absolute Gasteiger partial charge is 0.396 e. The van der Waals surface area contributed by atoms with Gasteiger partial charge in [-0.1, -0.05) is 18.3 Å². The molecule has 68 heavy (non-hydrogen) atoms. The fraction of sp³-hybridized carbons (Fsp3) is 0.900. The van der Waals surface area contributed by atoms with Crippen LogP contribution >= 0.6 is 11.8 Å². The fourth-order valence-electron chi connectivity index (χ4n) is 6.64. The Labute approximate surface area is 427 Å². The highest BCUT2D eigenvalue weighted by molar-refractivity contribution is 8.14. The normalized spacial score (nSPS) is 36.2. The van der Waals surface area contributed by atoms with E-state index in [4.69, 9.17) is 82.3 Å². The predicted molar refractivity (Wildman–Crippen MR) is 290 cm³/mol. The van der Waals surface area contributed by atoms with Gasteiger partial charge in [0.15, 0.2) is 66.5 Å². The standard InChI is InChI=1S/C30H80O21SSi16/c1-29(2)30(31)52-27-26-28-60(24,25)39-68-49-65(36-57(15,16)17)43-62(33-54(6,7)8)40-61(32-53(3,4)5)41-63(45-65,34-55(9,10)11)47-67(51-68,38-59(21,22)23)48-64(42-61,35-56(12,13)14)46-66(44-62,50-68)37-58(18,19)20/h1,26-28H2,2-25H3. The van der Waals surface area contributed by atoms with Crippen molar-refractivity contribution in [2.45, 2.75) is 170 Å². The zero-order chi connectivity index (χ0) is 52.1. The zero-order valence-corrected chi connectivity index (χ0v) is 61.6. The quantitative estimate of drug-likeness (QED) is 0.0605. The molecule has 0 aromatic heterocycles. The molecule has 38 heteroatoms. The van der Waals surface area contributed by atoms with E-state index in [1.54, 1.807) is 6.92 Å². The highest BCUT2D eigenvalue weighted by Crippen LogP contribution is 2.53. The summed E-state index contributed by atoms with van der Waals surface area (Å²) < 4.78 is 147. The summed E-state index contributed by atoms with van der Waals surface area (Å²) in [5.41, 5.74) is 0.470. The van der Waals surface area contributed by atoms with E-state index in [0.717, 1.165) is 0 Å². The van der Waals surface area contributed by atoms with Crippen LogP contribution in [0.2, 0.25) is 157 Å². The molecule has 0 N–H and O–H groups in total. The van der Waals surface area contributed by atoms with Crippen molar-refractivity contribution in [2.24, 2.45) is 0 Å². The van der Waals surface area contributed by atoms with Gasteiger partial charge in [-0.05, 0) is 176 Å². The topological polar surface area (TPSA) is 202 Å². The average molecular weight is 1260 g/mol. The first-order valence-corrected chi connectivity index (χ1v) is 63.8. The summed E-state index contributed by atoms with van der Waals surface area (Å²) in [6.45, 7) is 50.3. The van der Waals surface area contributed by atoms with Crippen molar-refractivity contribution in [3.8, 4) is 0 Å². The zero-order valence-electron chi connectivity index (χ0n) is 44.8. The largest absolute Gasteiger partial charge is 0.651 e. The molecule has 0 saturated carbocycles. The summed E-state index contributed by atoms with van der Waals surface area (Å²) in [6.07, 6.45) is 0.579. The molecule has 6 aliphatic rings. The number of hydrogen-bond donors (Lipinski definition) is 0. The third-order valence-corrected chi connectivity index (χ3v) is 61.9. The molecule has 6 saturated heterocycles. The lowest BCUT2D eigenvalue weighted by Gasteiger charge is -2.60. The Bertz CT molecular complexity index is 1700. The molecular formula is C30H80O21SSi16. The van der Waals surface area contributed by atoms with E-state index >= 15 is 0 Å². The van der Waals surface area contributed by atoms with Crippen LogP contribution < -0.4 is 0 Å². The van der Waals surface area contributed by atoms with Crippen LogP contribution in [0.25, 0.3) is 0 Å². The second-order valence-electron chi connectivity index (χ2n) is 24.6. The average Bonchev–Trinajstić information content (AvgIpc) is 2.92. The van der Waals surface area contributed by atoms with Gasteiger partial charge in [-0.15, -0.1) is 0 Å². The molecule has 0 spiro atoms. The van der Waals surface area contributed by atoms with Gasteiger partial charge in [0, 0.05) is 5.75 Å². The van der Waals surface area contributed by atoms with Gasteiger partial charge >= 0.3 is 72.4 Å². The molecule has 0 radical (unpaired) electrons. The second-order valence-corrected chi connectivity index (χ2v) is 83.6. The van der Waals surface area contributed by atoms with Crippen LogP contribution in [0.3, 0.4) is 0 Å². The first-order chi connectivity index (χ1) is 30.0. The predicted octanol–water partition coefficient (Wildman–Crippen LogP) is 8.15. The summed E-state index contributed by atoms with van der Waals surface area (Å²) >= 11 is 1.20. The molecule has 6 aliphatic heterocycles. The molecule has 396 valence electrons. The molecule has 0 aliphatic carbocycles. The Balaban J connectivity index is 2.01. The molecule has 0 atom stereocenters. The number of carbonyl (C=O) groups excluding carboxylic acids is 1. The summed E-state index contributed by atoms with van der Waals surface area (Å²) in [5, 5.41) is -0.0855. The molecule has 0 unspecified atom stereocenters. The fourth-order valence-corrected chi connectivity index (χ4v) is 73.5. The lowest BCUT2D eigenvalue weighted by molar-refractivity contribution is -0.129. The molecule has 8 bridgehead atoms. The van der Waals surface area contributed by atoms with Crippen LogP contribution in [0.15, 0.2) is 12.2 Å². The van der Waals surface area contributed by atoms with Gasteiger partial charge < -0.3 is 82.3 Å². The Morgan fingerprint density at radius 1 is 0.368 bits per heavy atom. The van der Waals surface area contributed by atoms with E-state index in [0.29, 0.717) is 23.8 Å². The van der Waals surface area contributed by atoms with Crippen LogP contribution in [0, 0.1) is 0 Å².